The minimum absolute atomic E-state index is 0.159. The Bertz CT molecular complexity index is 630. The maximum atomic E-state index is 14.1. The Labute approximate surface area is 122 Å². The van der Waals surface area contributed by atoms with Crippen molar-refractivity contribution in [1.82, 2.24) is 5.32 Å². The second-order valence-electron chi connectivity index (χ2n) is 5.31. The molecule has 0 saturated carbocycles. The van der Waals surface area contributed by atoms with Crippen LogP contribution in [0.3, 0.4) is 0 Å². The van der Waals surface area contributed by atoms with Gasteiger partial charge in [-0.15, -0.1) is 0 Å². The van der Waals surface area contributed by atoms with Crippen molar-refractivity contribution in [1.29, 1.82) is 0 Å². The second kappa shape index (κ2) is 5.92. The Morgan fingerprint density at radius 2 is 1.71 bits per heavy atom. The zero-order valence-electron chi connectivity index (χ0n) is 11.8. The number of benzene rings is 2. The highest BCUT2D eigenvalue weighted by molar-refractivity contribution is 5.28. The van der Waals surface area contributed by atoms with Crippen LogP contribution in [0.4, 0.5) is 8.78 Å². The number of morpholine rings is 1. The molecule has 2 unspecified atom stereocenters. The third-order valence-electron chi connectivity index (χ3n) is 3.78. The SMILES string of the molecule is Cc1cc(F)c(C2CNCC(c3ccccc3)O2)cc1F. The summed E-state index contributed by atoms with van der Waals surface area (Å²) >= 11 is 0. The largest absolute Gasteiger partial charge is 0.363 e. The average Bonchev–Trinajstić information content (AvgIpc) is 2.52. The van der Waals surface area contributed by atoms with Crippen molar-refractivity contribution in [3.8, 4) is 0 Å². The van der Waals surface area contributed by atoms with E-state index in [9.17, 15) is 8.78 Å². The van der Waals surface area contributed by atoms with Gasteiger partial charge in [0, 0.05) is 18.7 Å². The topological polar surface area (TPSA) is 21.3 Å². The van der Waals surface area contributed by atoms with Crippen LogP contribution >= 0.6 is 0 Å². The quantitative estimate of drug-likeness (QED) is 0.910. The number of hydrogen-bond acceptors (Lipinski definition) is 2. The Morgan fingerprint density at radius 3 is 2.48 bits per heavy atom. The lowest BCUT2D eigenvalue weighted by molar-refractivity contribution is -0.0422. The van der Waals surface area contributed by atoms with Gasteiger partial charge in [0.1, 0.15) is 11.6 Å². The highest BCUT2D eigenvalue weighted by Crippen LogP contribution is 2.31. The summed E-state index contributed by atoms with van der Waals surface area (Å²) in [5.41, 5.74) is 1.61. The summed E-state index contributed by atoms with van der Waals surface area (Å²) in [6.45, 7) is 2.69. The fourth-order valence-electron chi connectivity index (χ4n) is 2.60. The maximum Gasteiger partial charge on any atom is 0.129 e. The van der Waals surface area contributed by atoms with E-state index in [4.69, 9.17) is 4.74 Å². The van der Waals surface area contributed by atoms with E-state index in [1.807, 2.05) is 30.3 Å². The molecule has 1 N–H and O–H groups in total. The zero-order valence-corrected chi connectivity index (χ0v) is 11.8. The molecule has 1 saturated heterocycles. The molecular weight excluding hydrogens is 272 g/mol. The summed E-state index contributed by atoms with van der Waals surface area (Å²) in [6, 6.07) is 12.2. The van der Waals surface area contributed by atoms with Crippen LogP contribution in [-0.2, 0) is 4.74 Å². The lowest BCUT2D eigenvalue weighted by atomic mass is 10.0. The summed E-state index contributed by atoms with van der Waals surface area (Å²) in [6.07, 6.45) is -0.646. The zero-order chi connectivity index (χ0) is 14.8. The first kappa shape index (κ1) is 14.2. The Kier molecular flexibility index (Phi) is 3.99. The number of aryl methyl sites for hydroxylation is 1. The fourth-order valence-corrected chi connectivity index (χ4v) is 2.60. The molecule has 0 bridgehead atoms. The molecule has 0 amide bonds. The monoisotopic (exact) mass is 289 g/mol. The average molecular weight is 289 g/mol. The van der Waals surface area contributed by atoms with Gasteiger partial charge in [-0.05, 0) is 30.2 Å². The van der Waals surface area contributed by atoms with Gasteiger partial charge in [-0.2, -0.15) is 0 Å². The first-order valence-electron chi connectivity index (χ1n) is 7.02. The predicted molar refractivity (Wildman–Crippen MR) is 77.0 cm³/mol. The third-order valence-corrected chi connectivity index (χ3v) is 3.78. The van der Waals surface area contributed by atoms with Gasteiger partial charge in [0.05, 0.1) is 12.2 Å². The van der Waals surface area contributed by atoms with E-state index in [1.165, 1.54) is 12.1 Å². The molecule has 1 heterocycles. The standard InChI is InChI=1S/C17H17F2NO/c1-11-7-15(19)13(8-14(11)18)17-10-20-9-16(21-17)12-5-3-2-4-6-12/h2-8,16-17,20H,9-10H2,1H3. The smallest absolute Gasteiger partial charge is 0.129 e. The van der Waals surface area contributed by atoms with Crippen molar-refractivity contribution >= 4 is 0 Å². The van der Waals surface area contributed by atoms with E-state index in [1.54, 1.807) is 6.92 Å². The lowest BCUT2D eigenvalue weighted by Gasteiger charge is -2.31. The van der Waals surface area contributed by atoms with Crippen molar-refractivity contribution in [3.63, 3.8) is 0 Å². The van der Waals surface area contributed by atoms with E-state index in [0.29, 0.717) is 18.7 Å². The van der Waals surface area contributed by atoms with Crippen LogP contribution in [0.5, 0.6) is 0 Å². The van der Waals surface area contributed by atoms with Crippen molar-refractivity contribution < 1.29 is 13.5 Å². The van der Waals surface area contributed by atoms with Crippen LogP contribution in [0.15, 0.2) is 42.5 Å². The van der Waals surface area contributed by atoms with Crippen LogP contribution in [0, 0.1) is 18.6 Å². The fraction of sp³-hybridized carbons (Fsp3) is 0.294. The van der Waals surface area contributed by atoms with Crippen molar-refractivity contribution in [3.05, 3.63) is 70.8 Å². The van der Waals surface area contributed by atoms with E-state index in [-0.39, 0.29) is 11.7 Å². The van der Waals surface area contributed by atoms with Gasteiger partial charge in [-0.25, -0.2) is 8.78 Å². The molecule has 1 aliphatic rings. The predicted octanol–water partition coefficient (Wildman–Crippen LogP) is 3.68. The van der Waals surface area contributed by atoms with Crippen LogP contribution in [0.2, 0.25) is 0 Å². The molecule has 2 aromatic rings. The number of nitrogens with one attached hydrogen (secondary N) is 1. The number of ether oxygens (including phenoxy) is 1. The maximum absolute atomic E-state index is 14.1. The van der Waals surface area contributed by atoms with Gasteiger partial charge < -0.3 is 10.1 Å². The summed E-state index contributed by atoms with van der Waals surface area (Å²) in [7, 11) is 0. The summed E-state index contributed by atoms with van der Waals surface area (Å²) < 4.78 is 33.7. The van der Waals surface area contributed by atoms with Crippen LogP contribution in [-0.4, -0.2) is 13.1 Å². The molecule has 110 valence electrons. The van der Waals surface area contributed by atoms with Gasteiger partial charge in [-0.3, -0.25) is 0 Å². The molecule has 0 radical (unpaired) electrons. The molecule has 0 spiro atoms. The minimum atomic E-state index is -0.487. The molecule has 0 aromatic heterocycles. The number of halogens is 2. The molecule has 1 fully saturated rings. The van der Waals surface area contributed by atoms with E-state index in [2.05, 4.69) is 5.32 Å². The molecular formula is C17H17F2NO. The van der Waals surface area contributed by atoms with E-state index >= 15 is 0 Å². The highest BCUT2D eigenvalue weighted by Gasteiger charge is 2.27. The molecule has 2 atom stereocenters. The normalized spacial score (nSPS) is 22.2. The van der Waals surface area contributed by atoms with Crippen molar-refractivity contribution in [2.45, 2.75) is 19.1 Å². The first-order chi connectivity index (χ1) is 10.1. The molecule has 1 aliphatic heterocycles. The van der Waals surface area contributed by atoms with Crippen LogP contribution < -0.4 is 5.32 Å². The van der Waals surface area contributed by atoms with Crippen molar-refractivity contribution in [2.24, 2.45) is 0 Å². The third kappa shape index (κ3) is 2.96. The molecule has 2 aromatic carbocycles. The molecule has 4 heteroatoms. The minimum Gasteiger partial charge on any atom is -0.363 e. The van der Waals surface area contributed by atoms with Gasteiger partial charge in [0.25, 0.3) is 0 Å². The summed E-state index contributed by atoms with van der Waals surface area (Å²) in [5.74, 6) is -0.828. The Balaban J connectivity index is 1.85. The number of rotatable bonds is 2. The van der Waals surface area contributed by atoms with Gasteiger partial charge in [0.2, 0.25) is 0 Å². The van der Waals surface area contributed by atoms with Crippen LogP contribution in [0.25, 0.3) is 0 Å². The molecule has 3 rings (SSSR count). The Hall–Kier alpha value is -1.78. The first-order valence-corrected chi connectivity index (χ1v) is 7.02. The van der Waals surface area contributed by atoms with Gasteiger partial charge in [-0.1, -0.05) is 30.3 Å². The van der Waals surface area contributed by atoms with Crippen molar-refractivity contribution in [2.75, 3.05) is 13.1 Å². The van der Waals surface area contributed by atoms with E-state index in [0.717, 1.165) is 5.56 Å². The van der Waals surface area contributed by atoms with E-state index < -0.39 is 17.7 Å². The van der Waals surface area contributed by atoms with Gasteiger partial charge >= 0.3 is 0 Å². The van der Waals surface area contributed by atoms with Crippen LogP contribution in [0.1, 0.15) is 28.9 Å². The highest BCUT2D eigenvalue weighted by atomic mass is 19.1. The summed E-state index contributed by atoms with van der Waals surface area (Å²) in [5, 5.41) is 3.23. The Morgan fingerprint density at radius 1 is 1.00 bits per heavy atom. The second-order valence-corrected chi connectivity index (χ2v) is 5.31. The molecule has 0 aliphatic carbocycles. The molecule has 2 nitrogen and oxygen atoms in total. The number of hydrogen-bond donors (Lipinski definition) is 1. The molecule has 21 heavy (non-hydrogen) atoms. The lowest BCUT2D eigenvalue weighted by Crippen LogP contribution is -2.36. The summed E-state index contributed by atoms with van der Waals surface area (Å²) in [4.78, 5) is 0. The van der Waals surface area contributed by atoms with Gasteiger partial charge in [0.15, 0.2) is 0 Å².